The van der Waals surface area contributed by atoms with Gasteiger partial charge < -0.3 is 14.6 Å². The molecule has 0 atom stereocenters. The molecule has 1 N–H and O–H groups in total. The molecule has 3 nitrogen and oxygen atoms in total. The SMILES string of the molecule is Cc1c(Br)c(O)cc2c1OCCO2. The number of benzene rings is 1. The average molecular weight is 245 g/mol. The van der Waals surface area contributed by atoms with E-state index in [4.69, 9.17) is 9.47 Å². The Morgan fingerprint density at radius 1 is 1.38 bits per heavy atom. The summed E-state index contributed by atoms with van der Waals surface area (Å²) >= 11 is 3.27. The molecule has 0 saturated heterocycles. The van der Waals surface area contributed by atoms with Gasteiger partial charge in [0.1, 0.15) is 19.0 Å². The molecule has 1 aromatic carbocycles. The van der Waals surface area contributed by atoms with Gasteiger partial charge in [0.05, 0.1) is 4.47 Å². The van der Waals surface area contributed by atoms with Gasteiger partial charge in [-0.3, -0.25) is 0 Å². The van der Waals surface area contributed by atoms with Gasteiger partial charge in [0.15, 0.2) is 11.5 Å². The van der Waals surface area contributed by atoms with Gasteiger partial charge >= 0.3 is 0 Å². The molecule has 1 aliphatic rings. The molecule has 1 aliphatic heterocycles. The number of ether oxygens (including phenoxy) is 2. The van der Waals surface area contributed by atoms with Crippen LogP contribution in [0.1, 0.15) is 5.56 Å². The quantitative estimate of drug-likeness (QED) is 0.761. The summed E-state index contributed by atoms with van der Waals surface area (Å²) in [7, 11) is 0. The maximum atomic E-state index is 9.47. The lowest BCUT2D eigenvalue weighted by Gasteiger charge is -2.21. The monoisotopic (exact) mass is 244 g/mol. The molecule has 1 aromatic rings. The van der Waals surface area contributed by atoms with E-state index < -0.39 is 0 Å². The summed E-state index contributed by atoms with van der Waals surface area (Å²) in [4.78, 5) is 0. The molecule has 13 heavy (non-hydrogen) atoms. The molecule has 0 fully saturated rings. The number of rotatable bonds is 0. The van der Waals surface area contributed by atoms with Crippen molar-refractivity contribution >= 4 is 15.9 Å². The van der Waals surface area contributed by atoms with Crippen LogP contribution in [-0.4, -0.2) is 18.3 Å². The van der Waals surface area contributed by atoms with E-state index in [0.717, 1.165) is 11.3 Å². The first-order valence-electron chi connectivity index (χ1n) is 3.98. The average Bonchev–Trinajstić information content (AvgIpc) is 2.15. The van der Waals surface area contributed by atoms with Gasteiger partial charge in [-0.15, -0.1) is 0 Å². The number of phenols is 1. The molecule has 0 amide bonds. The number of aromatic hydroxyl groups is 1. The Bertz CT molecular complexity index is 349. The third-order valence-electron chi connectivity index (χ3n) is 1.97. The van der Waals surface area contributed by atoms with Crippen LogP contribution < -0.4 is 9.47 Å². The normalized spacial score (nSPS) is 14.3. The number of fused-ring (bicyclic) bond motifs is 1. The Balaban J connectivity index is 2.60. The third-order valence-corrected chi connectivity index (χ3v) is 2.97. The predicted molar refractivity (Wildman–Crippen MR) is 51.5 cm³/mol. The Morgan fingerprint density at radius 3 is 2.85 bits per heavy atom. The number of hydrogen-bond acceptors (Lipinski definition) is 3. The Labute approximate surface area is 84.4 Å². The van der Waals surface area contributed by atoms with E-state index in [1.165, 1.54) is 0 Å². The minimum atomic E-state index is 0.182. The van der Waals surface area contributed by atoms with Crippen LogP contribution in [0.5, 0.6) is 17.2 Å². The van der Waals surface area contributed by atoms with E-state index in [9.17, 15) is 5.11 Å². The minimum Gasteiger partial charge on any atom is -0.507 e. The topological polar surface area (TPSA) is 38.7 Å². The second-order valence-electron chi connectivity index (χ2n) is 2.86. The fourth-order valence-electron chi connectivity index (χ4n) is 1.31. The predicted octanol–water partition coefficient (Wildman–Crippen LogP) is 2.23. The zero-order valence-corrected chi connectivity index (χ0v) is 8.72. The van der Waals surface area contributed by atoms with Crippen LogP contribution in [0.3, 0.4) is 0 Å². The van der Waals surface area contributed by atoms with Crippen molar-refractivity contribution in [1.29, 1.82) is 0 Å². The summed E-state index contributed by atoms with van der Waals surface area (Å²) < 4.78 is 11.4. The van der Waals surface area contributed by atoms with Crippen molar-refractivity contribution in [2.75, 3.05) is 13.2 Å². The second kappa shape index (κ2) is 3.10. The summed E-state index contributed by atoms with van der Waals surface area (Å²) in [5.74, 6) is 1.52. The molecular formula is C9H9BrO3. The second-order valence-corrected chi connectivity index (χ2v) is 3.65. The smallest absolute Gasteiger partial charge is 0.165 e. The van der Waals surface area contributed by atoms with E-state index in [1.54, 1.807) is 6.07 Å². The van der Waals surface area contributed by atoms with Crippen LogP contribution in [0.2, 0.25) is 0 Å². The highest BCUT2D eigenvalue weighted by Crippen LogP contribution is 2.42. The highest BCUT2D eigenvalue weighted by molar-refractivity contribution is 9.10. The van der Waals surface area contributed by atoms with Gasteiger partial charge in [0.2, 0.25) is 0 Å². The van der Waals surface area contributed by atoms with Crippen molar-refractivity contribution in [3.05, 3.63) is 16.1 Å². The Kier molecular flexibility index (Phi) is 2.07. The van der Waals surface area contributed by atoms with E-state index in [2.05, 4.69) is 15.9 Å². The van der Waals surface area contributed by atoms with Crippen molar-refractivity contribution in [3.63, 3.8) is 0 Å². The molecule has 4 heteroatoms. The van der Waals surface area contributed by atoms with E-state index in [0.29, 0.717) is 23.4 Å². The first-order valence-corrected chi connectivity index (χ1v) is 4.77. The van der Waals surface area contributed by atoms with Crippen LogP contribution in [0.4, 0.5) is 0 Å². The lowest BCUT2D eigenvalue weighted by atomic mass is 10.2. The highest BCUT2D eigenvalue weighted by Gasteiger charge is 2.18. The first kappa shape index (κ1) is 8.69. The molecule has 0 aliphatic carbocycles. The molecule has 0 radical (unpaired) electrons. The maximum absolute atomic E-state index is 9.47. The standard InChI is InChI=1S/C9H9BrO3/c1-5-8(10)6(11)4-7-9(5)13-3-2-12-7/h4,11H,2-3H2,1H3. The Morgan fingerprint density at radius 2 is 2.08 bits per heavy atom. The molecule has 2 rings (SSSR count). The molecule has 0 spiro atoms. The van der Waals surface area contributed by atoms with E-state index >= 15 is 0 Å². The molecular weight excluding hydrogens is 236 g/mol. The lowest BCUT2D eigenvalue weighted by molar-refractivity contribution is 0.169. The van der Waals surface area contributed by atoms with Crippen molar-refractivity contribution in [1.82, 2.24) is 0 Å². The summed E-state index contributed by atoms with van der Waals surface area (Å²) in [5.41, 5.74) is 0.870. The summed E-state index contributed by atoms with van der Waals surface area (Å²) in [6, 6.07) is 1.56. The van der Waals surface area contributed by atoms with Crippen LogP contribution in [0.25, 0.3) is 0 Å². The number of phenolic OH excluding ortho intramolecular Hbond substituents is 1. The van der Waals surface area contributed by atoms with Crippen molar-refractivity contribution in [2.45, 2.75) is 6.92 Å². The zero-order valence-electron chi connectivity index (χ0n) is 7.13. The van der Waals surface area contributed by atoms with Gasteiger partial charge in [-0.25, -0.2) is 0 Å². The van der Waals surface area contributed by atoms with E-state index in [-0.39, 0.29) is 5.75 Å². The molecule has 0 unspecified atom stereocenters. The largest absolute Gasteiger partial charge is 0.507 e. The van der Waals surface area contributed by atoms with Gasteiger partial charge in [0.25, 0.3) is 0 Å². The van der Waals surface area contributed by atoms with Gasteiger partial charge in [-0.1, -0.05) is 0 Å². The van der Waals surface area contributed by atoms with Crippen molar-refractivity contribution in [3.8, 4) is 17.2 Å². The third kappa shape index (κ3) is 1.35. The van der Waals surface area contributed by atoms with Gasteiger partial charge in [-0.05, 0) is 22.9 Å². The summed E-state index contributed by atoms with van der Waals surface area (Å²) in [5, 5.41) is 9.47. The molecule has 1 heterocycles. The van der Waals surface area contributed by atoms with Crippen molar-refractivity contribution < 1.29 is 14.6 Å². The first-order chi connectivity index (χ1) is 6.20. The molecule has 0 aromatic heterocycles. The van der Waals surface area contributed by atoms with Crippen LogP contribution in [-0.2, 0) is 0 Å². The van der Waals surface area contributed by atoms with Crippen LogP contribution in [0.15, 0.2) is 10.5 Å². The maximum Gasteiger partial charge on any atom is 0.165 e. The summed E-state index contributed by atoms with van der Waals surface area (Å²) in [6.45, 7) is 2.97. The zero-order chi connectivity index (χ0) is 9.42. The van der Waals surface area contributed by atoms with E-state index in [1.807, 2.05) is 6.92 Å². The fourth-order valence-corrected chi connectivity index (χ4v) is 1.61. The Hall–Kier alpha value is -0.900. The summed E-state index contributed by atoms with van der Waals surface area (Å²) in [6.07, 6.45) is 0. The molecule has 70 valence electrons. The van der Waals surface area contributed by atoms with Crippen LogP contribution in [0, 0.1) is 6.92 Å². The number of hydrogen-bond donors (Lipinski definition) is 1. The fraction of sp³-hybridized carbons (Fsp3) is 0.333. The van der Waals surface area contributed by atoms with Gasteiger partial charge in [0, 0.05) is 11.6 Å². The van der Waals surface area contributed by atoms with Crippen molar-refractivity contribution in [2.24, 2.45) is 0 Å². The highest BCUT2D eigenvalue weighted by atomic mass is 79.9. The molecule has 0 bridgehead atoms. The number of halogens is 1. The molecule has 0 saturated carbocycles. The van der Waals surface area contributed by atoms with Gasteiger partial charge in [-0.2, -0.15) is 0 Å². The lowest BCUT2D eigenvalue weighted by Crippen LogP contribution is -2.16. The minimum absolute atomic E-state index is 0.182. The van der Waals surface area contributed by atoms with Crippen LogP contribution >= 0.6 is 15.9 Å².